The Kier molecular flexibility index (Phi) is 3.60. The molecule has 0 aliphatic heterocycles. The van der Waals surface area contributed by atoms with E-state index < -0.39 is 35.7 Å². The second-order valence-electron chi connectivity index (χ2n) is 2.87. The molecule has 0 aromatic heterocycles. The molecule has 0 saturated carbocycles. The van der Waals surface area contributed by atoms with Crippen molar-refractivity contribution in [3.63, 3.8) is 0 Å². The van der Waals surface area contributed by atoms with E-state index in [1.54, 1.807) is 0 Å². The molecule has 1 aromatic carbocycles. The van der Waals surface area contributed by atoms with Gasteiger partial charge in [0.05, 0.1) is 23.1 Å². The molecule has 1 rings (SSSR count). The van der Waals surface area contributed by atoms with Crippen molar-refractivity contribution in [1.29, 1.82) is 0 Å². The van der Waals surface area contributed by atoms with Gasteiger partial charge in [-0.05, 0) is 12.1 Å². The van der Waals surface area contributed by atoms with Crippen LogP contribution in [-0.4, -0.2) is 16.2 Å². The molecule has 1 aromatic rings. The minimum absolute atomic E-state index is 0.365. The fourth-order valence-corrected chi connectivity index (χ4v) is 1.28. The molecule has 0 bridgehead atoms. The summed E-state index contributed by atoms with van der Waals surface area (Å²) in [7, 11) is 0. The number of rotatable bonds is 3. The van der Waals surface area contributed by atoms with Gasteiger partial charge in [-0.15, -0.1) is 0 Å². The number of halogens is 3. The number of benzene rings is 1. The van der Waals surface area contributed by atoms with Crippen molar-refractivity contribution in [1.82, 2.24) is 0 Å². The molecule has 0 amide bonds. The fourth-order valence-electron chi connectivity index (χ4n) is 1.12. The van der Waals surface area contributed by atoms with E-state index in [2.05, 4.69) is 0 Å². The fraction of sp³-hybridized carbons (Fsp3) is 0.222. The summed E-state index contributed by atoms with van der Waals surface area (Å²) in [6, 6.07) is 1.86. The Hall–Kier alpha value is -1.20. The van der Waals surface area contributed by atoms with Crippen molar-refractivity contribution >= 4 is 17.6 Å². The lowest BCUT2D eigenvalue weighted by Gasteiger charge is -2.11. The summed E-state index contributed by atoms with van der Waals surface area (Å²) in [5, 5.41) is 17.3. The third-order valence-corrected chi connectivity index (χ3v) is 2.07. The van der Waals surface area contributed by atoms with Crippen LogP contribution in [0.2, 0.25) is 5.02 Å². The Balaban J connectivity index is 3.12. The largest absolute Gasteiger partial charge is 0.481 e. The Bertz CT molecular complexity index is 395. The molecule has 6 heteroatoms. The minimum atomic E-state index is -1.75. The van der Waals surface area contributed by atoms with E-state index in [-0.39, 0.29) is 5.02 Å². The minimum Gasteiger partial charge on any atom is -0.481 e. The number of aliphatic hydroxyl groups is 1. The predicted octanol–water partition coefficient (Wildman–Crippen LogP) is 2.13. The second kappa shape index (κ2) is 4.55. The maximum absolute atomic E-state index is 13.2. The molecular weight excluding hydrogens is 230 g/mol. The number of aliphatic carboxylic acids is 1. The SMILES string of the molecule is O=C(O)C[C@H](O)c1c(F)ccc(Cl)c1F. The molecule has 1 atom stereocenters. The molecule has 0 heterocycles. The smallest absolute Gasteiger partial charge is 0.306 e. The standard InChI is InChI=1S/C9H7ClF2O3/c10-4-1-2-5(11)8(9(4)12)6(13)3-7(14)15/h1-2,6,13H,3H2,(H,14,15)/t6-/m0/s1. The highest BCUT2D eigenvalue weighted by atomic mass is 35.5. The second-order valence-corrected chi connectivity index (χ2v) is 3.28. The molecule has 0 aliphatic carbocycles. The van der Waals surface area contributed by atoms with Crippen molar-refractivity contribution in [2.45, 2.75) is 12.5 Å². The van der Waals surface area contributed by atoms with Gasteiger partial charge in [-0.2, -0.15) is 0 Å². The molecule has 0 radical (unpaired) electrons. The van der Waals surface area contributed by atoms with Gasteiger partial charge in [-0.25, -0.2) is 8.78 Å². The first kappa shape index (κ1) is 11.9. The average Bonchev–Trinajstić information content (AvgIpc) is 2.11. The molecule has 0 fully saturated rings. The summed E-state index contributed by atoms with van der Waals surface area (Å²) in [4.78, 5) is 10.3. The molecule has 0 aliphatic rings. The third-order valence-electron chi connectivity index (χ3n) is 1.78. The normalized spacial score (nSPS) is 12.5. The zero-order valence-electron chi connectivity index (χ0n) is 7.38. The molecule has 3 nitrogen and oxygen atoms in total. The number of carboxylic acids is 1. The van der Waals surface area contributed by atoms with Gasteiger partial charge in [-0.1, -0.05) is 11.6 Å². The van der Waals surface area contributed by atoms with Crippen LogP contribution in [-0.2, 0) is 4.79 Å². The first-order valence-electron chi connectivity index (χ1n) is 3.96. The van der Waals surface area contributed by atoms with E-state index >= 15 is 0 Å². The van der Waals surface area contributed by atoms with Gasteiger partial charge in [0.1, 0.15) is 5.82 Å². The molecule has 0 saturated heterocycles. The van der Waals surface area contributed by atoms with E-state index in [0.717, 1.165) is 12.1 Å². The van der Waals surface area contributed by atoms with Crippen LogP contribution in [0.5, 0.6) is 0 Å². The molecule has 15 heavy (non-hydrogen) atoms. The van der Waals surface area contributed by atoms with Gasteiger partial charge < -0.3 is 10.2 Å². The summed E-state index contributed by atoms with van der Waals surface area (Å²) in [6.45, 7) is 0. The van der Waals surface area contributed by atoms with Crippen LogP contribution < -0.4 is 0 Å². The number of hydrogen-bond acceptors (Lipinski definition) is 2. The maximum Gasteiger partial charge on any atom is 0.306 e. The van der Waals surface area contributed by atoms with Gasteiger partial charge >= 0.3 is 5.97 Å². The van der Waals surface area contributed by atoms with Crippen LogP contribution in [0, 0.1) is 11.6 Å². The van der Waals surface area contributed by atoms with Gasteiger partial charge in [0.25, 0.3) is 0 Å². The monoisotopic (exact) mass is 236 g/mol. The van der Waals surface area contributed by atoms with Gasteiger partial charge in [0, 0.05) is 0 Å². The van der Waals surface area contributed by atoms with Gasteiger partial charge in [0.2, 0.25) is 0 Å². The number of carboxylic acid groups (broad SMARTS) is 1. The Labute approximate surface area is 88.9 Å². The van der Waals surface area contributed by atoms with E-state index in [0.29, 0.717) is 0 Å². The lowest BCUT2D eigenvalue weighted by atomic mass is 10.1. The van der Waals surface area contributed by atoms with Crippen molar-refractivity contribution in [2.75, 3.05) is 0 Å². The van der Waals surface area contributed by atoms with Crippen LogP contribution in [0.25, 0.3) is 0 Å². The van der Waals surface area contributed by atoms with E-state index in [1.807, 2.05) is 0 Å². The topological polar surface area (TPSA) is 57.5 Å². The lowest BCUT2D eigenvalue weighted by Crippen LogP contribution is -2.09. The first-order valence-corrected chi connectivity index (χ1v) is 4.34. The Morgan fingerprint density at radius 3 is 2.60 bits per heavy atom. The molecule has 82 valence electrons. The molecule has 0 spiro atoms. The molecular formula is C9H7ClF2O3. The Morgan fingerprint density at radius 1 is 1.47 bits per heavy atom. The number of carbonyl (C=O) groups is 1. The summed E-state index contributed by atoms with van der Waals surface area (Å²) in [5.41, 5.74) is -0.718. The zero-order chi connectivity index (χ0) is 11.6. The average molecular weight is 237 g/mol. The van der Waals surface area contributed by atoms with Crippen LogP contribution in [0.15, 0.2) is 12.1 Å². The first-order chi connectivity index (χ1) is 6.93. The lowest BCUT2D eigenvalue weighted by molar-refractivity contribution is -0.139. The summed E-state index contributed by atoms with van der Waals surface area (Å²) in [6.07, 6.45) is -2.53. The van der Waals surface area contributed by atoms with Crippen molar-refractivity contribution in [3.8, 4) is 0 Å². The number of aliphatic hydroxyl groups excluding tert-OH is 1. The van der Waals surface area contributed by atoms with E-state index in [9.17, 15) is 18.7 Å². The summed E-state index contributed by atoms with van der Waals surface area (Å²) >= 11 is 5.37. The highest BCUT2D eigenvalue weighted by Crippen LogP contribution is 2.27. The van der Waals surface area contributed by atoms with Crippen molar-refractivity contribution < 1.29 is 23.8 Å². The van der Waals surface area contributed by atoms with E-state index in [1.165, 1.54) is 0 Å². The number of hydrogen-bond donors (Lipinski definition) is 2. The maximum atomic E-state index is 13.2. The van der Waals surface area contributed by atoms with Crippen LogP contribution in [0.1, 0.15) is 18.1 Å². The highest BCUT2D eigenvalue weighted by molar-refractivity contribution is 6.30. The Morgan fingerprint density at radius 2 is 2.07 bits per heavy atom. The summed E-state index contributed by atoms with van der Waals surface area (Å²) < 4.78 is 26.3. The summed E-state index contributed by atoms with van der Waals surface area (Å²) in [5.74, 6) is -3.52. The van der Waals surface area contributed by atoms with Crippen LogP contribution >= 0.6 is 11.6 Å². The van der Waals surface area contributed by atoms with E-state index in [4.69, 9.17) is 16.7 Å². The van der Waals surface area contributed by atoms with Crippen LogP contribution in [0.3, 0.4) is 0 Å². The highest BCUT2D eigenvalue weighted by Gasteiger charge is 2.22. The third kappa shape index (κ3) is 2.64. The van der Waals surface area contributed by atoms with Crippen molar-refractivity contribution in [2.24, 2.45) is 0 Å². The van der Waals surface area contributed by atoms with Gasteiger partial charge in [-0.3, -0.25) is 4.79 Å². The quantitative estimate of drug-likeness (QED) is 0.791. The van der Waals surface area contributed by atoms with Gasteiger partial charge in [0.15, 0.2) is 5.82 Å². The van der Waals surface area contributed by atoms with Crippen molar-refractivity contribution in [3.05, 3.63) is 34.4 Å². The van der Waals surface area contributed by atoms with Crippen LogP contribution in [0.4, 0.5) is 8.78 Å². The molecule has 0 unspecified atom stereocenters. The molecule has 2 N–H and O–H groups in total. The predicted molar refractivity (Wildman–Crippen MR) is 48.6 cm³/mol. The zero-order valence-corrected chi connectivity index (χ0v) is 8.13.